The Hall–Kier alpha value is -2.89. The normalized spacial score (nSPS) is 10.8. The average Bonchev–Trinajstić information content (AvgIpc) is 2.92. The Kier molecular flexibility index (Phi) is 4.70. The fourth-order valence-corrected chi connectivity index (χ4v) is 3.05. The van der Waals surface area contributed by atoms with E-state index in [1.54, 1.807) is 21.3 Å². The Morgan fingerprint density at radius 1 is 1.00 bits per heavy atom. The van der Waals surface area contributed by atoms with Gasteiger partial charge in [0.1, 0.15) is 0 Å². The summed E-state index contributed by atoms with van der Waals surface area (Å²) in [6, 6.07) is 10.1. The van der Waals surface area contributed by atoms with E-state index in [0.717, 1.165) is 27.8 Å². The molecular weight excluding hydrogens is 318 g/mol. The molecule has 0 aliphatic rings. The number of ether oxygens (including phenoxy) is 3. The highest BCUT2D eigenvalue weighted by Crippen LogP contribution is 2.40. The zero-order valence-electron chi connectivity index (χ0n) is 15.2. The molecule has 6 nitrogen and oxygen atoms in total. The molecule has 0 aliphatic carbocycles. The Balaban J connectivity index is 1.87. The summed E-state index contributed by atoms with van der Waals surface area (Å²) in [6.07, 6.45) is 0. The van der Waals surface area contributed by atoms with Crippen LogP contribution in [0.5, 0.6) is 17.2 Å². The molecule has 132 valence electrons. The number of rotatable bonds is 6. The van der Waals surface area contributed by atoms with Gasteiger partial charge >= 0.3 is 0 Å². The fraction of sp³-hybridized carbons (Fsp3) is 0.316. The number of hydrogen-bond acceptors (Lipinski definition) is 5. The molecule has 0 bridgehead atoms. The third-order valence-electron chi connectivity index (χ3n) is 4.30. The molecule has 0 spiro atoms. The molecule has 25 heavy (non-hydrogen) atoms. The minimum Gasteiger partial charge on any atom is -0.493 e. The number of nitrogens with zero attached hydrogens (tertiary/aromatic N) is 2. The topological polar surface area (TPSA) is 57.5 Å². The van der Waals surface area contributed by atoms with Crippen LogP contribution >= 0.6 is 0 Å². The lowest BCUT2D eigenvalue weighted by molar-refractivity contribution is 0.322. The van der Waals surface area contributed by atoms with E-state index >= 15 is 0 Å². The van der Waals surface area contributed by atoms with Crippen molar-refractivity contribution >= 4 is 16.6 Å². The van der Waals surface area contributed by atoms with Gasteiger partial charge in [0.15, 0.2) is 11.5 Å². The second-order valence-electron chi connectivity index (χ2n) is 5.79. The highest BCUT2D eigenvalue weighted by atomic mass is 16.5. The van der Waals surface area contributed by atoms with Gasteiger partial charge in [-0.05, 0) is 37.3 Å². The predicted molar refractivity (Wildman–Crippen MR) is 98.9 cm³/mol. The van der Waals surface area contributed by atoms with E-state index in [4.69, 9.17) is 14.2 Å². The summed E-state index contributed by atoms with van der Waals surface area (Å²) in [5.41, 5.74) is 4.14. The van der Waals surface area contributed by atoms with Crippen LogP contribution in [0, 0.1) is 6.92 Å². The Morgan fingerprint density at radius 3 is 2.44 bits per heavy atom. The first-order valence-electron chi connectivity index (χ1n) is 8.04. The molecule has 1 heterocycles. The van der Waals surface area contributed by atoms with Crippen molar-refractivity contribution in [2.75, 3.05) is 26.6 Å². The summed E-state index contributed by atoms with van der Waals surface area (Å²) in [5.74, 6) is 1.92. The van der Waals surface area contributed by atoms with E-state index in [1.165, 1.54) is 0 Å². The predicted octanol–water partition coefficient (Wildman–Crippen LogP) is 3.52. The number of methoxy groups -OCH3 is 3. The molecule has 6 heteroatoms. The first kappa shape index (κ1) is 17.0. The molecule has 0 unspecified atom stereocenters. The van der Waals surface area contributed by atoms with E-state index in [2.05, 4.69) is 28.6 Å². The largest absolute Gasteiger partial charge is 0.493 e. The number of aryl methyl sites for hydroxylation is 2. The van der Waals surface area contributed by atoms with Gasteiger partial charge < -0.3 is 19.5 Å². The van der Waals surface area contributed by atoms with Crippen molar-refractivity contribution in [3.05, 3.63) is 41.6 Å². The lowest BCUT2D eigenvalue weighted by atomic mass is 10.1. The summed E-state index contributed by atoms with van der Waals surface area (Å²) >= 11 is 0. The molecule has 0 aliphatic heterocycles. The van der Waals surface area contributed by atoms with Gasteiger partial charge in [0.25, 0.3) is 0 Å². The minimum absolute atomic E-state index is 0.599. The molecule has 3 aromatic rings. The third-order valence-corrected chi connectivity index (χ3v) is 4.30. The van der Waals surface area contributed by atoms with E-state index in [9.17, 15) is 0 Å². The molecule has 0 fully saturated rings. The summed E-state index contributed by atoms with van der Waals surface area (Å²) in [4.78, 5) is 0. The van der Waals surface area contributed by atoms with Gasteiger partial charge in [-0.25, -0.2) is 0 Å². The van der Waals surface area contributed by atoms with Crippen molar-refractivity contribution in [3.63, 3.8) is 0 Å². The van der Waals surface area contributed by atoms with Crippen molar-refractivity contribution in [2.24, 2.45) is 7.05 Å². The quantitative estimate of drug-likeness (QED) is 0.743. The number of hydrogen-bond donors (Lipinski definition) is 1. The monoisotopic (exact) mass is 341 g/mol. The standard InChI is InChI=1S/C19H23N3O3/c1-12-15-8-7-14(10-16(15)22(2)21-12)20-11-13-6-9-17(23-3)19(25-5)18(13)24-4/h6-10,20H,11H2,1-5H3. The fourth-order valence-electron chi connectivity index (χ4n) is 3.05. The van der Waals surface area contributed by atoms with Crippen molar-refractivity contribution in [2.45, 2.75) is 13.5 Å². The molecule has 0 saturated carbocycles. The lowest BCUT2D eigenvalue weighted by Gasteiger charge is -2.16. The number of fused-ring (bicyclic) bond motifs is 1. The summed E-state index contributed by atoms with van der Waals surface area (Å²) in [6.45, 7) is 2.62. The van der Waals surface area contributed by atoms with E-state index in [1.807, 2.05) is 30.8 Å². The first-order chi connectivity index (χ1) is 12.1. The maximum atomic E-state index is 5.53. The highest BCUT2D eigenvalue weighted by Gasteiger charge is 2.15. The van der Waals surface area contributed by atoms with E-state index in [0.29, 0.717) is 23.8 Å². The Labute approximate surface area is 147 Å². The van der Waals surface area contributed by atoms with Crippen molar-refractivity contribution in [1.82, 2.24) is 9.78 Å². The van der Waals surface area contributed by atoms with Crippen LogP contribution in [0.2, 0.25) is 0 Å². The molecular formula is C19H23N3O3. The van der Waals surface area contributed by atoms with Crippen LogP contribution in [0.3, 0.4) is 0 Å². The molecule has 0 amide bonds. The van der Waals surface area contributed by atoms with Gasteiger partial charge in [0.2, 0.25) is 5.75 Å². The van der Waals surface area contributed by atoms with Gasteiger partial charge in [0, 0.05) is 30.2 Å². The second-order valence-corrected chi connectivity index (χ2v) is 5.79. The number of nitrogens with one attached hydrogen (secondary N) is 1. The van der Waals surface area contributed by atoms with Crippen LogP contribution in [0.4, 0.5) is 5.69 Å². The van der Waals surface area contributed by atoms with Gasteiger partial charge in [0.05, 0.1) is 32.5 Å². The minimum atomic E-state index is 0.599. The summed E-state index contributed by atoms with van der Waals surface area (Å²) < 4.78 is 18.2. The average molecular weight is 341 g/mol. The van der Waals surface area contributed by atoms with E-state index in [-0.39, 0.29) is 0 Å². The van der Waals surface area contributed by atoms with Crippen LogP contribution in [0.15, 0.2) is 30.3 Å². The molecule has 1 N–H and O–H groups in total. The van der Waals surface area contributed by atoms with Gasteiger partial charge in [-0.3, -0.25) is 4.68 Å². The summed E-state index contributed by atoms with van der Waals surface area (Å²) in [5, 5.41) is 9.06. The SMILES string of the molecule is COc1ccc(CNc2ccc3c(C)nn(C)c3c2)c(OC)c1OC. The molecule has 3 rings (SSSR count). The molecule has 0 radical (unpaired) electrons. The van der Waals surface area contributed by atoms with Crippen molar-refractivity contribution in [3.8, 4) is 17.2 Å². The molecule has 0 saturated heterocycles. The van der Waals surface area contributed by atoms with Gasteiger partial charge in [-0.15, -0.1) is 0 Å². The Bertz CT molecular complexity index is 903. The zero-order chi connectivity index (χ0) is 18.0. The van der Waals surface area contributed by atoms with Crippen LogP contribution in [0.1, 0.15) is 11.3 Å². The molecule has 0 atom stereocenters. The van der Waals surface area contributed by atoms with Crippen LogP contribution < -0.4 is 19.5 Å². The number of anilines is 1. The van der Waals surface area contributed by atoms with Crippen LogP contribution in [-0.2, 0) is 13.6 Å². The lowest BCUT2D eigenvalue weighted by Crippen LogP contribution is -2.04. The number of benzene rings is 2. The van der Waals surface area contributed by atoms with Gasteiger partial charge in [-0.2, -0.15) is 5.10 Å². The van der Waals surface area contributed by atoms with Crippen molar-refractivity contribution < 1.29 is 14.2 Å². The second kappa shape index (κ2) is 6.93. The zero-order valence-corrected chi connectivity index (χ0v) is 15.2. The van der Waals surface area contributed by atoms with Gasteiger partial charge in [-0.1, -0.05) is 0 Å². The highest BCUT2D eigenvalue weighted by molar-refractivity contribution is 5.85. The molecule has 2 aromatic carbocycles. The third kappa shape index (κ3) is 3.07. The van der Waals surface area contributed by atoms with Crippen molar-refractivity contribution in [1.29, 1.82) is 0 Å². The maximum absolute atomic E-state index is 5.53. The number of aromatic nitrogens is 2. The first-order valence-corrected chi connectivity index (χ1v) is 8.04. The van der Waals surface area contributed by atoms with Crippen LogP contribution in [0.25, 0.3) is 10.9 Å². The molecule has 1 aromatic heterocycles. The maximum Gasteiger partial charge on any atom is 0.203 e. The smallest absolute Gasteiger partial charge is 0.203 e. The van der Waals surface area contributed by atoms with E-state index < -0.39 is 0 Å². The summed E-state index contributed by atoms with van der Waals surface area (Å²) in [7, 11) is 6.80. The Morgan fingerprint density at radius 2 is 1.76 bits per heavy atom. The van der Waals surface area contributed by atoms with Crippen LogP contribution in [-0.4, -0.2) is 31.1 Å².